The minimum atomic E-state index is 0.00790. The highest BCUT2D eigenvalue weighted by Gasteiger charge is 2.28. The summed E-state index contributed by atoms with van der Waals surface area (Å²) in [6.45, 7) is 9.08. The maximum Gasteiger partial charge on any atom is 0.257 e. The summed E-state index contributed by atoms with van der Waals surface area (Å²) in [5.41, 5.74) is 3.65. The number of nitrogens with one attached hydrogen (secondary N) is 1. The van der Waals surface area contributed by atoms with Gasteiger partial charge in [0, 0.05) is 31.4 Å². The van der Waals surface area contributed by atoms with Gasteiger partial charge in [0.05, 0.1) is 34.1 Å². The molecule has 1 fully saturated rings. The van der Waals surface area contributed by atoms with Crippen molar-refractivity contribution in [2.24, 2.45) is 0 Å². The SMILES string of the molecule is CCN(CC)C(=O)c1cnc([C@H]2CCCCN2Cc2cn[nH]c2-c2cccs2)nc1C. The van der Waals surface area contributed by atoms with Crippen molar-refractivity contribution in [1.29, 1.82) is 0 Å². The highest BCUT2D eigenvalue weighted by Crippen LogP contribution is 2.33. The van der Waals surface area contributed by atoms with Gasteiger partial charge in [-0.05, 0) is 51.6 Å². The van der Waals surface area contributed by atoms with Gasteiger partial charge in [0.1, 0.15) is 5.82 Å². The van der Waals surface area contributed by atoms with Crippen LogP contribution in [-0.2, 0) is 6.54 Å². The number of carbonyl (C=O) groups excluding carboxylic acids is 1. The predicted octanol–water partition coefficient (Wildman–Crippen LogP) is 4.45. The number of nitrogens with zero attached hydrogens (tertiary/aromatic N) is 5. The summed E-state index contributed by atoms with van der Waals surface area (Å²) < 4.78 is 0. The predicted molar refractivity (Wildman–Crippen MR) is 123 cm³/mol. The van der Waals surface area contributed by atoms with Crippen LogP contribution in [0.25, 0.3) is 10.6 Å². The number of H-pyrrole nitrogens is 1. The molecule has 1 amide bonds. The van der Waals surface area contributed by atoms with E-state index in [2.05, 4.69) is 37.6 Å². The third-order valence-corrected chi connectivity index (χ3v) is 6.94. The Morgan fingerprint density at radius 2 is 2.13 bits per heavy atom. The quantitative estimate of drug-likeness (QED) is 0.590. The lowest BCUT2D eigenvalue weighted by Crippen LogP contribution is -2.35. The number of aromatic amines is 1. The summed E-state index contributed by atoms with van der Waals surface area (Å²) in [6.07, 6.45) is 7.00. The standard InChI is InChI=1S/C23H30N6OS/c1-4-28(5-2)23(30)18-14-24-22(26-16(18)3)19-9-6-7-11-29(19)15-17-13-25-27-21(17)20-10-8-12-31-20/h8,10,12-14,19H,4-7,9,11,15H2,1-3H3,(H,25,27)/t19-/m1/s1. The second-order valence-electron chi connectivity index (χ2n) is 7.93. The maximum atomic E-state index is 12.8. The molecule has 1 aliphatic rings. The summed E-state index contributed by atoms with van der Waals surface area (Å²) in [5, 5.41) is 9.55. The van der Waals surface area contributed by atoms with E-state index in [0.717, 1.165) is 43.1 Å². The Morgan fingerprint density at radius 1 is 1.29 bits per heavy atom. The van der Waals surface area contributed by atoms with Crippen LogP contribution in [0.1, 0.15) is 66.6 Å². The van der Waals surface area contributed by atoms with Gasteiger partial charge in [-0.1, -0.05) is 12.5 Å². The van der Waals surface area contributed by atoms with E-state index in [1.54, 1.807) is 17.5 Å². The Bertz CT molecular complexity index is 1010. The van der Waals surface area contributed by atoms with Crippen LogP contribution in [0.5, 0.6) is 0 Å². The van der Waals surface area contributed by atoms with Crippen molar-refractivity contribution in [3.63, 3.8) is 0 Å². The van der Waals surface area contributed by atoms with Crippen molar-refractivity contribution in [3.05, 3.63) is 52.6 Å². The van der Waals surface area contributed by atoms with Gasteiger partial charge in [0.15, 0.2) is 0 Å². The summed E-state index contributed by atoms with van der Waals surface area (Å²) in [7, 11) is 0. The van der Waals surface area contributed by atoms with E-state index >= 15 is 0 Å². The van der Waals surface area contributed by atoms with Crippen molar-refractivity contribution >= 4 is 17.2 Å². The first-order valence-corrected chi connectivity index (χ1v) is 11.9. The lowest BCUT2D eigenvalue weighted by molar-refractivity contribution is 0.0770. The Balaban J connectivity index is 1.56. The van der Waals surface area contributed by atoms with E-state index in [9.17, 15) is 4.79 Å². The number of carbonyl (C=O) groups is 1. The minimum Gasteiger partial charge on any atom is -0.339 e. The third-order valence-electron chi connectivity index (χ3n) is 6.05. The van der Waals surface area contributed by atoms with E-state index in [0.29, 0.717) is 18.7 Å². The van der Waals surface area contributed by atoms with Crippen molar-refractivity contribution in [2.75, 3.05) is 19.6 Å². The first-order chi connectivity index (χ1) is 15.1. The van der Waals surface area contributed by atoms with E-state index in [4.69, 9.17) is 4.98 Å². The van der Waals surface area contributed by atoms with Crippen LogP contribution >= 0.6 is 11.3 Å². The Kier molecular flexibility index (Phi) is 6.77. The molecule has 164 valence electrons. The van der Waals surface area contributed by atoms with Gasteiger partial charge in [-0.25, -0.2) is 9.97 Å². The number of amides is 1. The number of aromatic nitrogens is 4. The Hall–Kier alpha value is -2.58. The number of likely N-dealkylation sites (tertiary alicyclic amines) is 1. The number of aryl methyl sites for hydroxylation is 1. The van der Waals surface area contributed by atoms with Crippen LogP contribution in [0.2, 0.25) is 0 Å². The van der Waals surface area contributed by atoms with E-state index in [1.165, 1.54) is 16.9 Å². The number of rotatable bonds is 7. The average molecular weight is 439 g/mol. The van der Waals surface area contributed by atoms with E-state index in [1.807, 2.05) is 31.9 Å². The van der Waals surface area contributed by atoms with Crippen LogP contribution in [-0.4, -0.2) is 55.5 Å². The lowest BCUT2D eigenvalue weighted by Gasteiger charge is -2.34. The molecular formula is C23H30N6OS. The molecule has 1 aliphatic heterocycles. The molecule has 4 heterocycles. The largest absolute Gasteiger partial charge is 0.339 e. The summed E-state index contributed by atoms with van der Waals surface area (Å²) in [5.74, 6) is 0.822. The molecule has 7 nitrogen and oxygen atoms in total. The zero-order chi connectivity index (χ0) is 21.8. The number of hydrogen-bond donors (Lipinski definition) is 1. The average Bonchev–Trinajstić information content (AvgIpc) is 3.46. The Morgan fingerprint density at radius 3 is 2.84 bits per heavy atom. The van der Waals surface area contributed by atoms with Crippen molar-refractivity contribution in [3.8, 4) is 10.6 Å². The maximum absolute atomic E-state index is 12.8. The van der Waals surface area contributed by atoms with Gasteiger partial charge >= 0.3 is 0 Å². The molecule has 0 bridgehead atoms. The van der Waals surface area contributed by atoms with Gasteiger partial charge in [-0.3, -0.25) is 14.8 Å². The van der Waals surface area contributed by atoms with Gasteiger partial charge in [-0.15, -0.1) is 11.3 Å². The molecule has 31 heavy (non-hydrogen) atoms. The van der Waals surface area contributed by atoms with Gasteiger partial charge in [0.25, 0.3) is 5.91 Å². The molecule has 1 saturated heterocycles. The second-order valence-corrected chi connectivity index (χ2v) is 8.88. The normalized spacial score (nSPS) is 17.1. The number of piperidine rings is 1. The topological polar surface area (TPSA) is 78.0 Å². The zero-order valence-corrected chi connectivity index (χ0v) is 19.3. The van der Waals surface area contributed by atoms with Crippen LogP contribution in [0.15, 0.2) is 29.9 Å². The van der Waals surface area contributed by atoms with Crippen LogP contribution in [0.4, 0.5) is 0 Å². The summed E-state index contributed by atoms with van der Waals surface area (Å²) in [4.78, 5) is 27.7. The molecule has 3 aromatic heterocycles. The molecule has 8 heteroatoms. The molecule has 3 aromatic rings. The molecule has 4 rings (SSSR count). The molecule has 0 spiro atoms. The van der Waals surface area contributed by atoms with Crippen LogP contribution < -0.4 is 0 Å². The third kappa shape index (κ3) is 4.55. The summed E-state index contributed by atoms with van der Waals surface area (Å²) in [6, 6.07) is 4.33. The molecular weight excluding hydrogens is 408 g/mol. The van der Waals surface area contributed by atoms with Crippen LogP contribution in [0, 0.1) is 6.92 Å². The van der Waals surface area contributed by atoms with Gasteiger partial charge in [-0.2, -0.15) is 5.10 Å². The molecule has 1 atom stereocenters. The van der Waals surface area contributed by atoms with Gasteiger partial charge < -0.3 is 4.90 Å². The summed E-state index contributed by atoms with van der Waals surface area (Å²) >= 11 is 1.72. The fraction of sp³-hybridized carbons (Fsp3) is 0.478. The minimum absolute atomic E-state index is 0.00790. The van der Waals surface area contributed by atoms with E-state index < -0.39 is 0 Å². The molecule has 1 N–H and O–H groups in total. The first kappa shape index (κ1) is 21.6. The van der Waals surface area contributed by atoms with Crippen LogP contribution in [0.3, 0.4) is 0 Å². The molecule has 0 unspecified atom stereocenters. The zero-order valence-electron chi connectivity index (χ0n) is 18.5. The highest BCUT2D eigenvalue weighted by atomic mass is 32.1. The first-order valence-electron chi connectivity index (χ1n) is 11.0. The fourth-order valence-corrected chi connectivity index (χ4v) is 5.05. The number of thiophene rings is 1. The molecule has 0 radical (unpaired) electrons. The lowest BCUT2D eigenvalue weighted by atomic mass is 10.00. The van der Waals surface area contributed by atoms with E-state index in [-0.39, 0.29) is 11.9 Å². The molecule has 0 saturated carbocycles. The number of hydrogen-bond acceptors (Lipinski definition) is 6. The smallest absolute Gasteiger partial charge is 0.257 e. The fourth-order valence-electron chi connectivity index (χ4n) is 4.29. The van der Waals surface area contributed by atoms with Crippen molar-refractivity contribution in [2.45, 2.75) is 52.6 Å². The van der Waals surface area contributed by atoms with Crippen molar-refractivity contribution in [1.82, 2.24) is 30.0 Å². The molecule has 0 aliphatic carbocycles. The monoisotopic (exact) mass is 438 g/mol. The highest BCUT2D eigenvalue weighted by molar-refractivity contribution is 7.13. The van der Waals surface area contributed by atoms with Gasteiger partial charge in [0.2, 0.25) is 0 Å². The Labute approximate surface area is 187 Å². The van der Waals surface area contributed by atoms with Crippen molar-refractivity contribution < 1.29 is 4.79 Å². The molecule has 0 aromatic carbocycles. The second kappa shape index (κ2) is 9.70.